The molecule has 0 aliphatic rings. The largest absolute Gasteiger partial charge is 0.462 e. The summed E-state index contributed by atoms with van der Waals surface area (Å²) in [6.07, 6.45) is 0. The third-order valence-corrected chi connectivity index (χ3v) is 5.03. The van der Waals surface area contributed by atoms with E-state index in [1.807, 2.05) is 37.3 Å². The quantitative estimate of drug-likeness (QED) is 0.440. The van der Waals surface area contributed by atoms with Crippen LogP contribution in [-0.4, -0.2) is 17.1 Å². The van der Waals surface area contributed by atoms with Crippen molar-refractivity contribution in [3.63, 3.8) is 0 Å². The van der Waals surface area contributed by atoms with Crippen LogP contribution in [0.4, 0.5) is 11.4 Å². The first-order chi connectivity index (χ1) is 14.5. The minimum Gasteiger partial charge on any atom is -0.462 e. The second kappa shape index (κ2) is 9.19. The van der Waals surface area contributed by atoms with E-state index in [4.69, 9.17) is 10.5 Å². The highest BCUT2D eigenvalue weighted by Gasteiger charge is 2.16. The van der Waals surface area contributed by atoms with Gasteiger partial charge in [-0.15, -0.1) is 0 Å². The van der Waals surface area contributed by atoms with Crippen molar-refractivity contribution in [2.75, 3.05) is 17.7 Å². The number of carbonyl (C=O) groups excluding carboxylic acids is 1. The molecular weight excluding hydrogens is 376 g/mol. The van der Waals surface area contributed by atoms with Crippen LogP contribution in [0, 0.1) is 18.3 Å². The molecule has 0 saturated carbocycles. The van der Waals surface area contributed by atoms with E-state index in [-0.39, 0.29) is 0 Å². The molecule has 30 heavy (non-hydrogen) atoms. The van der Waals surface area contributed by atoms with Gasteiger partial charge in [-0.25, -0.2) is 4.79 Å². The highest BCUT2D eigenvalue weighted by Crippen LogP contribution is 2.28. The molecule has 1 aromatic heterocycles. The minimum absolute atomic E-state index is 0.304. The van der Waals surface area contributed by atoms with Crippen molar-refractivity contribution in [3.8, 4) is 17.3 Å². The molecule has 0 amide bonds. The van der Waals surface area contributed by atoms with Gasteiger partial charge in [0, 0.05) is 18.8 Å². The summed E-state index contributed by atoms with van der Waals surface area (Å²) in [6.45, 7) is 7.46. The Morgan fingerprint density at radius 3 is 2.57 bits per heavy atom. The number of rotatable bonds is 7. The summed E-state index contributed by atoms with van der Waals surface area (Å²) >= 11 is 0. The van der Waals surface area contributed by atoms with E-state index in [0.717, 1.165) is 29.1 Å². The van der Waals surface area contributed by atoms with Crippen LogP contribution in [-0.2, 0) is 17.8 Å². The fourth-order valence-electron chi connectivity index (χ4n) is 3.60. The van der Waals surface area contributed by atoms with Crippen LogP contribution in [0.25, 0.3) is 11.3 Å². The number of nitrogen functional groups attached to an aromatic ring is 1. The summed E-state index contributed by atoms with van der Waals surface area (Å²) in [6, 6.07) is 17.4. The van der Waals surface area contributed by atoms with Gasteiger partial charge in [-0.05, 0) is 50.1 Å². The summed E-state index contributed by atoms with van der Waals surface area (Å²) in [4.78, 5) is 12.2. The number of anilines is 2. The standard InChI is InChI=1S/C24H26N4O2/c1-4-28-16(3)13-19(14-25)23(28)18-11-9-17(10-12-18)15-27-22-20(24(29)30-5-2)7-6-8-21(22)26/h6-13,27H,4-5,15,26H2,1-3H3. The molecule has 1 heterocycles. The predicted octanol–water partition coefficient (Wildman–Crippen LogP) is 4.73. The van der Waals surface area contributed by atoms with Crippen LogP contribution in [0.3, 0.4) is 0 Å². The number of aromatic nitrogens is 1. The number of nitrogens with one attached hydrogen (secondary N) is 1. The Kier molecular flexibility index (Phi) is 6.43. The van der Waals surface area contributed by atoms with Crippen LogP contribution in [0.2, 0.25) is 0 Å². The first kappa shape index (κ1) is 21.0. The average Bonchev–Trinajstić information content (AvgIpc) is 3.08. The Labute approximate surface area is 176 Å². The first-order valence-corrected chi connectivity index (χ1v) is 9.99. The molecule has 0 unspecified atom stereocenters. The molecule has 0 fully saturated rings. The number of benzene rings is 2. The molecule has 154 valence electrons. The van der Waals surface area contributed by atoms with E-state index in [1.165, 1.54) is 0 Å². The second-order valence-electron chi connectivity index (χ2n) is 6.94. The number of ether oxygens (including phenoxy) is 1. The van der Waals surface area contributed by atoms with Gasteiger partial charge in [-0.2, -0.15) is 5.26 Å². The number of carbonyl (C=O) groups is 1. The molecule has 0 aliphatic carbocycles. The molecule has 0 bridgehead atoms. The van der Waals surface area contributed by atoms with E-state index in [1.54, 1.807) is 25.1 Å². The third-order valence-electron chi connectivity index (χ3n) is 5.03. The van der Waals surface area contributed by atoms with Crippen molar-refractivity contribution in [2.45, 2.75) is 33.9 Å². The lowest BCUT2D eigenvalue weighted by atomic mass is 10.1. The van der Waals surface area contributed by atoms with Crippen molar-refractivity contribution < 1.29 is 9.53 Å². The minimum atomic E-state index is -0.401. The topological polar surface area (TPSA) is 93.1 Å². The summed E-state index contributed by atoms with van der Waals surface area (Å²) in [5.74, 6) is -0.401. The number of nitrogens with two attached hydrogens (primary N) is 1. The number of para-hydroxylation sites is 1. The predicted molar refractivity (Wildman–Crippen MR) is 119 cm³/mol. The van der Waals surface area contributed by atoms with Crippen LogP contribution >= 0.6 is 0 Å². The maximum absolute atomic E-state index is 12.2. The van der Waals surface area contributed by atoms with Crippen LogP contribution < -0.4 is 11.1 Å². The Morgan fingerprint density at radius 1 is 1.20 bits per heavy atom. The van der Waals surface area contributed by atoms with Gasteiger partial charge < -0.3 is 20.4 Å². The van der Waals surface area contributed by atoms with E-state index in [9.17, 15) is 10.1 Å². The zero-order valence-electron chi connectivity index (χ0n) is 17.5. The maximum Gasteiger partial charge on any atom is 0.340 e. The highest BCUT2D eigenvalue weighted by atomic mass is 16.5. The normalized spacial score (nSPS) is 10.5. The highest BCUT2D eigenvalue weighted by molar-refractivity contribution is 5.98. The molecule has 3 N–H and O–H groups in total. The van der Waals surface area contributed by atoms with Gasteiger partial charge in [0.2, 0.25) is 0 Å². The summed E-state index contributed by atoms with van der Waals surface area (Å²) < 4.78 is 7.26. The number of esters is 1. The maximum atomic E-state index is 12.2. The van der Waals surface area contributed by atoms with Gasteiger partial charge in [0.1, 0.15) is 6.07 Å². The first-order valence-electron chi connectivity index (χ1n) is 9.99. The summed E-state index contributed by atoms with van der Waals surface area (Å²) in [5.41, 5.74) is 12.3. The third kappa shape index (κ3) is 4.15. The second-order valence-corrected chi connectivity index (χ2v) is 6.94. The molecule has 0 saturated heterocycles. The van der Waals surface area contributed by atoms with Crippen molar-refractivity contribution >= 4 is 17.3 Å². The molecule has 6 heteroatoms. The Morgan fingerprint density at radius 2 is 1.93 bits per heavy atom. The van der Waals surface area contributed by atoms with Gasteiger partial charge in [0.15, 0.2) is 0 Å². The molecular formula is C24H26N4O2. The number of nitrogens with zero attached hydrogens (tertiary/aromatic N) is 2. The van der Waals surface area contributed by atoms with Gasteiger partial charge in [0.25, 0.3) is 0 Å². The van der Waals surface area contributed by atoms with Crippen molar-refractivity contribution in [2.24, 2.45) is 0 Å². The summed E-state index contributed by atoms with van der Waals surface area (Å²) in [7, 11) is 0. The van der Waals surface area contributed by atoms with Crippen LogP contribution in [0.1, 0.15) is 41.0 Å². The average molecular weight is 402 g/mol. The van der Waals surface area contributed by atoms with Crippen LogP contribution in [0.15, 0.2) is 48.5 Å². The van der Waals surface area contributed by atoms with E-state index in [0.29, 0.717) is 35.7 Å². The zero-order valence-corrected chi connectivity index (χ0v) is 17.5. The van der Waals surface area contributed by atoms with Gasteiger partial charge in [0.05, 0.1) is 34.8 Å². The smallest absolute Gasteiger partial charge is 0.340 e. The van der Waals surface area contributed by atoms with Crippen molar-refractivity contribution in [1.82, 2.24) is 4.57 Å². The van der Waals surface area contributed by atoms with Gasteiger partial charge in [-0.1, -0.05) is 30.3 Å². The summed E-state index contributed by atoms with van der Waals surface area (Å²) in [5, 5.41) is 12.8. The molecule has 0 atom stereocenters. The van der Waals surface area contributed by atoms with E-state index < -0.39 is 5.97 Å². The molecule has 3 rings (SSSR count). The number of hydrogen-bond donors (Lipinski definition) is 2. The van der Waals surface area contributed by atoms with Crippen molar-refractivity contribution in [3.05, 3.63) is 70.9 Å². The van der Waals surface area contributed by atoms with Crippen LogP contribution in [0.5, 0.6) is 0 Å². The van der Waals surface area contributed by atoms with Gasteiger partial charge in [-0.3, -0.25) is 0 Å². The fraction of sp³-hybridized carbons (Fsp3) is 0.250. The Balaban J connectivity index is 1.82. The monoisotopic (exact) mass is 402 g/mol. The molecule has 0 radical (unpaired) electrons. The Hall–Kier alpha value is -3.72. The lowest BCUT2D eigenvalue weighted by Crippen LogP contribution is -2.11. The lowest BCUT2D eigenvalue weighted by Gasteiger charge is -2.14. The SMILES string of the molecule is CCOC(=O)c1cccc(N)c1NCc1ccc(-c2c(C#N)cc(C)n2CC)cc1. The Bertz CT molecular complexity index is 1090. The number of aryl methyl sites for hydroxylation is 1. The fourth-order valence-corrected chi connectivity index (χ4v) is 3.60. The van der Waals surface area contributed by atoms with Crippen molar-refractivity contribution in [1.29, 1.82) is 5.26 Å². The number of nitriles is 1. The molecule has 0 aliphatic heterocycles. The number of hydrogen-bond acceptors (Lipinski definition) is 5. The molecule has 0 spiro atoms. The molecule has 2 aromatic carbocycles. The molecule has 3 aromatic rings. The lowest BCUT2D eigenvalue weighted by molar-refractivity contribution is 0.0527. The zero-order chi connectivity index (χ0) is 21.7. The van der Waals surface area contributed by atoms with Gasteiger partial charge >= 0.3 is 5.97 Å². The molecule has 6 nitrogen and oxygen atoms in total. The van der Waals surface area contributed by atoms with E-state index >= 15 is 0 Å². The van der Waals surface area contributed by atoms with E-state index in [2.05, 4.69) is 22.9 Å².